The molecule has 2 amide bonds. The molecule has 0 saturated carbocycles. The van der Waals surface area contributed by atoms with Crippen LogP contribution >= 0.6 is 11.8 Å². The monoisotopic (exact) mass is 395 g/mol. The van der Waals surface area contributed by atoms with Gasteiger partial charge in [-0.2, -0.15) is 0 Å². The van der Waals surface area contributed by atoms with Crippen LogP contribution in [0.25, 0.3) is 11.0 Å². The number of aliphatic hydroxyl groups is 3. The van der Waals surface area contributed by atoms with Gasteiger partial charge in [0.15, 0.2) is 17.0 Å². The van der Waals surface area contributed by atoms with Crippen molar-refractivity contribution in [1.29, 1.82) is 0 Å². The molecule has 144 valence electrons. The van der Waals surface area contributed by atoms with E-state index in [0.29, 0.717) is 10.5 Å². The lowest BCUT2D eigenvalue weighted by Crippen LogP contribution is -2.44. The number of thioether (sulfide) groups is 1. The molecule has 0 spiro atoms. The fraction of sp³-hybridized carbons (Fsp3) is 0.467. The van der Waals surface area contributed by atoms with E-state index in [2.05, 4.69) is 20.6 Å². The minimum atomic E-state index is -1.74. The van der Waals surface area contributed by atoms with Crippen LogP contribution in [0.1, 0.15) is 13.2 Å². The summed E-state index contributed by atoms with van der Waals surface area (Å²) in [6, 6.07) is 0. The number of aromatic nitrogens is 3. The molecule has 2 aromatic heterocycles. The molecule has 1 saturated heterocycles. The summed E-state index contributed by atoms with van der Waals surface area (Å²) in [4.78, 5) is 32.5. The fourth-order valence-corrected chi connectivity index (χ4v) is 3.68. The van der Waals surface area contributed by atoms with Crippen molar-refractivity contribution >= 4 is 46.1 Å². The van der Waals surface area contributed by atoms with E-state index in [0.717, 1.165) is 0 Å². The van der Waals surface area contributed by atoms with Gasteiger partial charge in [-0.1, -0.05) is 11.8 Å². The van der Waals surface area contributed by atoms with Crippen LogP contribution in [0.4, 0.5) is 11.5 Å². The summed E-state index contributed by atoms with van der Waals surface area (Å²) in [6.45, 7) is 0.899. The maximum Gasteiger partial charge on any atom is 0.315 e. The number of ether oxygens (including phenoxy) is 1. The van der Waals surface area contributed by atoms with E-state index in [9.17, 15) is 24.9 Å². The van der Waals surface area contributed by atoms with Crippen molar-refractivity contribution in [2.75, 3.05) is 23.5 Å². The first-order valence-corrected chi connectivity index (χ1v) is 9.26. The van der Waals surface area contributed by atoms with E-state index in [-0.39, 0.29) is 17.2 Å². The van der Waals surface area contributed by atoms with E-state index >= 15 is 0 Å². The molecule has 2 aliphatic rings. The Morgan fingerprint density at radius 3 is 2.67 bits per heavy atom. The van der Waals surface area contributed by atoms with Crippen LogP contribution in [0.2, 0.25) is 0 Å². The number of hydrogen-bond acceptors (Lipinski definition) is 9. The van der Waals surface area contributed by atoms with E-state index in [4.69, 9.17) is 4.74 Å². The quantitative estimate of drug-likeness (QED) is 0.251. The normalized spacial score (nSPS) is 30.3. The molecule has 0 radical (unpaired) electrons. The molecule has 2 aromatic rings. The Morgan fingerprint density at radius 1 is 1.33 bits per heavy atom. The lowest BCUT2D eigenvalue weighted by molar-refractivity contribution is -0.132. The summed E-state index contributed by atoms with van der Waals surface area (Å²) >= 11 is 1.23. The number of carbonyl (C=O) groups excluding carboxylic acids is 2. The van der Waals surface area contributed by atoms with Crippen LogP contribution in [0.5, 0.6) is 0 Å². The van der Waals surface area contributed by atoms with Gasteiger partial charge in [-0.15, -0.1) is 0 Å². The molecule has 4 rings (SSSR count). The van der Waals surface area contributed by atoms with Crippen LogP contribution in [-0.2, 0) is 14.3 Å². The highest BCUT2D eigenvalue weighted by Gasteiger charge is 2.53. The number of nitrogens with one attached hydrogen (secondary N) is 2. The first-order valence-electron chi connectivity index (χ1n) is 8.03. The molecule has 4 atom stereocenters. The third-order valence-electron chi connectivity index (χ3n) is 4.71. The first-order chi connectivity index (χ1) is 12.8. The van der Waals surface area contributed by atoms with Crippen molar-refractivity contribution in [3.8, 4) is 0 Å². The Labute approximate surface area is 156 Å². The molecular formula is C15H17N5O6S. The number of rotatable bonds is 3. The molecular weight excluding hydrogens is 378 g/mol. The summed E-state index contributed by atoms with van der Waals surface area (Å²) in [6.07, 6.45) is -0.217. The summed E-state index contributed by atoms with van der Waals surface area (Å²) < 4.78 is 7.10. The molecule has 27 heavy (non-hydrogen) atoms. The minimum absolute atomic E-state index is 0.151. The average molecular weight is 395 g/mol. The van der Waals surface area contributed by atoms with Crippen LogP contribution in [-0.4, -0.2) is 72.3 Å². The van der Waals surface area contributed by atoms with Gasteiger partial charge >= 0.3 is 11.8 Å². The summed E-state index contributed by atoms with van der Waals surface area (Å²) in [5.74, 6) is -1.58. The van der Waals surface area contributed by atoms with Crippen LogP contribution in [0, 0.1) is 0 Å². The minimum Gasteiger partial charge on any atom is -0.394 e. The van der Waals surface area contributed by atoms with Crippen LogP contribution < -0.4 is 10.6 Å². The Hall–Kier alpha value is -2.25. The molecule has 0 aromatic carbocycles. The van der Waals surface area contributed by atoms with Crippen LogP contribution in [0.3, 0.4) is 0 Å². The lowest BCUT2D eigenvalue weighted by Gasteiger charge is -2.27. The molecule has 4 heterocycles. The molecule has 5 N–H and O–H groups in total. The topological polar surface area (TPSA) is 159 Å². The zero-order valence-electron chi connectivity index (χ0n) is 14.3. The smallest absolute Gasteiger partial charge is 0.315 e. The first kappa shape index (κ1) is 18.1. The Kier molecular flexibility index (Phi) is 4.12. The second kappa shape index (κ2) is 6.14. The van der Waals surface area contributed by atoms with Gasteiger partial charge in [0, 0.05) is 6.20 Å². The van der Waals surface area contributed by atoms with Crippen molar-refractivity contribution in [2.24, 2.45) is 0 Å². The van der Waals surface area contributed by atoms with Gasteiger partial charge in [-0.25, -0.2) is 9.97 Å². The predicted octanol–water partition coefficient (Wildman–Crippen LogP) is -0.955. The van der Waals surface area contributed by atoms with Gasteiger partial charge in [0.2, 0.25) is 0 Å². The zero-order chi connectivity index (χ0) is 19.5. The van der Waals surface area contributed by atoms with Crippen molar-refractivity contribution in [3.05, 3.63) is 6.20 Å². The van der Waals surface area contributed by atoms with Crippen LogP contribution in [0.15, 0.2) is 11.4 Å². The number of amides is 2. The second-order valence-electron chi connectivity index (χ2n) is 6.50. The van der Waals surface area contributed by atoms with Gasteiger partial charge < -0.3 is 35.3 Å². The lowest BCUT2D eigenvalue weighted by atomic mass is 9.96. The van der Waals surface area contributed by atoms with Gasteiger partial charge in [-0.05, 0) is 13.2 Å². The standard InChI is InChI=1S/C15H17N5O6S/c1-15(25)8(22)6(4-21)26-13(15)20-3-5-7-9(17-12(24)11(23)16-5)18-14(27-2)19-10(7)20/h3,6,8,13,21-22,25H,4H2,1-2H3,(H,16,23)(H,17,18,19,24)/t6-,8-,13?,15?/m1/s1. The summed E-state index contributed by atoms with van der Waals surface area (Å²) in [5, 5.41) is 36.0. The number of hydrogen-bond donors (Lipinski definition) is 5. The van der Waals surface area contributed by atoms with Crippen molar-refractivity contribution in [1.82, 2.24) is 14.5 Å². The van der Waals surface area contributed by atoms with E-state index in [1.165, 1.54) is 29.4 Å². The fourth-order valence-electron chi connectivity index (χ4n) is 3.32. The maximum atomic E-state index is 11.9. The molecule has 11 nitrogen and oxygen atoms in total. The van der Waals surface area contributed by atoms with Crippen molar-refractivity contribution in [3.63, 3.8) is 0 Å². The van der Waals surface area contributed by atoms with Gasteiger partial charge in [0.1, 0.15) is 23.6 Å². The molecule has 12 heteroatoms. The number of carbonyl (C=O) groups is 2. The highest BCUT2D eigenvalue weighted by Crippen LogP contribution is 2.43. The van der Waals surface area contributed by atoms with Crippen molar-refractivity contribution < 1.29 is 29.6 Å². The largest absolute Gasteiger partial charge is 0.394 e. The van der Waals surface area contributed by atoms with Gasteiger partial charge in [-0.3, -0.25) is 9.59 Å². The third kappa shape index (κ3) is 2.60. The van der Waals surface area contributed by atoms with Gasteiger partial charge in [0.25, 0.3) is 0 Å². The number of aliphatic hydroxyl groups excluding tert-OH is 2. The molecule has 2 aliphatic heterocycles. The molecule has 0 bridgehead atoms. The summed E-state index contributed by atoms with van der Waals surface area (Å²) in [7, 11) is 0. The maximum absolute atomic E-state index is 11.9. The Bertz CT molecular complexity index is 960. The third-order valence-corrected chi connectivity index (χ3v) is 5.26. The van der Waals surface area contributed by atoms with Crippen molar-refractivity contribution in [2.45, 2.75) is 36.1 Å². The zero-order valence-corrected chi connectivity index (χ0v) is 15.1. The van der Waals surface area contributed by atoms with Gasteiger partial charge in [0.05, 0.1) is 17.7 Å². The predicted molar refractivity (Wildman–Crippen MR) is 94.2 cm³/mol. The highest BCUT2D eigenvalue weighted by molar-refractivity contribution is 7.98. The molecule has 2 unspecified atom stereocenters. The Morgan fingerprint density at radius 2 is 2.04 bits per heavy atom. The molecule has 1 fully saturated rings. The average Bonchev–Trinajstić information content (AvgIpc) is 3.05. The Balaban J connectivity index is 1.94. The van der Waals surface area contributed by atoms with E-state index in [1.54, 1.807) is 6.26 Å². The summed E-state index contributed by atoms with van der Waals surface area (Å²) in [5.41, 5.74) is -1.19. The van der Waals surface area contributed by atoms with E-state index < -0.39 is 42.5 Å². The highest BCUT2D eigenvalue weighted by atomic mass is 32.2. The van der Waals surface area contributed by atoms with E-state index in [1.807, 2.05) is 0 Å². The SMILES string of the molecule is CSc1nc2c3c(cn(C4O[C@H](CO)[C@@H](O)C4(C)O)c3n1)NC(=O)C(=O)N2. The number of anilines is 2. The molecule has 0 aliphatic carbocycles. The second-order valence-corrected chi connectivity index (χ2v) is 7.27. The number of nitrogens with zero attached hydrogens (tertiary/aromatic N) is 3.